The Balaban J connectivity index is 2.83. The summed E-state index contributed by atoms with van der Waals surface area (Å²) in [6.07, 6.45) is 0.346. The summed E-state index contributed by atoms with van der Waals surface area (Å²) in [6, 6.07) is 3.79. The van der Waals surface area contributed by atoms with Gasteiger partial charge in [0.25, 0.3) is 0 Å². The Morgan fingerprint density at radius 3 is 2.17 bits per heavy atom. The lowest BCUT2D eigenvalue weighted by molar-refractivity contribution is -0.121. The van der Waals surface area contributed by atoms with Gasteiger partial charge >= 0.3 is 0 Å². The summed E-state index contributed by atoms with van der Waals surface area (Å²) in [7, 11) is 1.61. The molecule has 5 heteroatoms. The predicted molar refractivity (Wildman–Crippen MR) is 80.0 cm³/mol. The van der Waals surface area contributed by atoms with Crippen molar-refractivity contribution >= 4 is 37.8 Å². The lowest BCUT2D eigenvalue weighted by Gasteiger charge is -2.20. The fourth-order valence-electron chi connectivity index (χ4n) is 1.56. The van der Waals surface area contributed by atoms with E-state index in [0.717, 1.165) is 20.3 Å². The first-order valence-corrected chi connectivity index (χ1v) is 7.14. The van der Waals surface area contributed by atoms with Crippen LogP contribution in [0.1, 0.15) is 26.3 Å². The van der Waals surface area contributed by atoms with Gasteiger partial charge in [-0.2, -0.15) is 0 Å². The number of ether oxygens (including phenoxy) is 1. The smallest absolute Gasteiger partial charge is 0.224 e. The van der Waals surface area contributed by atoms with Crippen LogP contribution in [0.25, 0.3) is 0 Å². The molecule has 0 spiro atoms. The van der Waals surface area contributed by atoms with E-state index in [1.54, 1.807) is 7.11 Å². The number of hydrogen-bond acceptors (Lipinski definition) is 2. The van der Waals surface area contributed by atoms with Crippen LogP contribution in [0.3, 0.4) is 0 Å². The van der Waals surface area contributed by atoms with Crippen LogP contribution in [0.2, 0.25) is 0 Å². The van der Waals surface area contributed by atoms with Crippen molar-refractivity contribution in [2.24, 2.45) is 0 Å². The van der Waals surface area contributed by atoms with Crippen molar-refractivity contribution in [2.75, 3.05) is 7.11 Å². The molecule has 0 aliphatic heterocycles. The monoisotopic (exact) mass is 377 g/mol. The van der Waals surface area contributed by atoms with Crippen LogP contribution in [0.5, 0.6) is 5.75 Å². The SMILES string of the molecule is COc1c(Br)cc(CC(=O)NC(C)(C)C)cc1Br. The molecule has 0 aliphatic rings. The minimum Gasteiger partial charge on any atom is -0.494 e. The molecule has 0 radical (unpaired) electrons. The molecule has 0 aromatic heterocycles. The fourth-order valence-corrected chi connectivity index (χ4v) is 3.16. The maximum atomic E-state index is 11.8. The van der Waals surface area contributed by atoms with Crippen LogP contribution in [0.15, 0.2) is 21.1 Å². The highest BCUT2D eigenvalue weighted by atomic mass is 79.9. The summed E-state index contributed by atoms with van der Waals surface area (Å²) < 4.78 is 6.88. The van der Waals surface area contributed by atoms with Crippen molar-refractivity contribution in [1.82, 2.24) is 5.32 Å². The average Bonchev–Trinajstić information content (AvgIpc) is 2.13. The van der Waals surface area contributed by atoms with Crippen LogP contribution in [-0.2, 0) is 11.2 Å². The summed E-state index contributed by atoms with van der Waals surface area (Å²) in [5.41, 5.74) is 0.717. The van der Waals surface area contributed by atoms with Gasteiger partial charge in [0.05, 0.1) is 22.5 Å². The first-order chi connectivity index (χ1) is 8.23. The van der Waals surface area contributed by atoms with E-state index in [2.05, 4.69) is 37.2 Å². The highest BCUT2D eigenvalue weighted by Gasteiger charge is 2.15. The summed E-state index contributed by atoms with van der Waals surface area (Å²) in [6.45, 7) is 5.89. The lowest BCUT2D eigenvalue weighted by Crippen LogP contribution is -2.41. The largest absolute Gasteiger partial charge is 0.494 e. The molecular formula is C13H17Br2NO2. The number of rotatable bonds is 3. The lowest BCUT2D eigenvalue weighted by atomic mass is 10.1. The second kappa shape index (κ2) is 6.06. The maximum absolute atomic E-state index is 11.8. The van der Waals surface area contributed by atoms with Gasteiger partial charge in [-0.15, -0.1) is 0 Å². The molecule has 100 valence electrons. The van der Waals surface area contributed by atoms with Gasteiger partial charge in [0.1, 0.15) is 5.75 Å². The summed E-state index contributed by atoms with van der Waals surface area (Å²) >= 11 is 6.85. The van der Waals surface area contributed by atoms with Crippen molar-refractivity contribution in [3.63, 3.8) is 0 Å². The maximum Gasteiger partial charge on any atom is 0.224 e. The van der Waals surface area contributed by atoms with Crippen LogP contribution in [-0.4, -0.2) is 18.6 Å². The van der Waals surface area contributed by atoms with Crippen molar-refractivity contribution in [3.05, 3.63) is 26.6 Å². The quantitative estimate of drug-likeness (QED) is 0.871. The van der Waals surface area contributed by atoms with Crippen molar-refractivity contribution in [2.45, 2.75) is 32.7 Å². The van der Waals surface area contributed by atoms with Crippen molar-refractivity contribution < 1.29 is 9.53 Å². The van der Waals surface area contributed by atoms with E-state index in [9.17, 15) is 4.79 Å². The third kappa shape index (κ3) is 4.61. The number of nitrogens with one attached hydrogen (secondary N) is 1. The number of amides is 1. The number of carbonyl (C=O) groups excluding carboxylic acids is 1. The molecule has 1 rings (SSSR count). The van der Waals surface area contributed by atoms with E-state index < -0.39 is 0 Å². The van der Waals surface area contributed by atoms with E-state index in [4.69, 9.17) is 4.74 Å². The summed E-state index contributed by atoms with van der Waals surface area (Å²) in [4.78, 5) is 11.8. The number of hydrogen-bond donors (Lipinski definition) is 1. The normalized spacial score (nSPS) is 11.2. The Hall–Kier alpha value is -0.550. The molecule has 1 aromatic rings. The van der Waals surface area contributed by atoms with Crippen LogP contribution in [0, 0.1) is 0 Å². The second-order valence-electron chi connectivity index (χ2n) is 5.07. The van der Waals surface area contributed by atoms with Crippen molar-refractivity contribution in [3.8, 4) is 5.75 Å². The van der Waals surface area contributed by atoms with Crippen LogP contribution >= 0.6 is 31.9 Å². The molecule has 0 saturated carbocycles. The van der Waals surface area contributed by atoms with Crippen LogP contribution in [0.4, 0.5) is 0 Å². The Morgan fingerprint density at radius 2 is 1.78 bits per heavy atom. The highest BCUT2D eigenvalue weighted by molar-refractivity contribution is 9.11. The summed E-state index contributed by atoms with van der Waals surface area (Å²) in [5.74, 6) is 0.737. The molecule has 0 atom stereocenters. The molecule has 18 heavy (non-hydrogen) atoms. The number of benzene rings is 1. The second-order valence-corrected chi connectivity index (χ2v) is 6.78. The Labute approximate surface area is 125 Å². The predicted octanol–water partition coefficient (Wildman–Crippen LogP) is 3.68. The van der Waals surface area contributed by atoms with Gasteiger partial charge in [-0.1, -0.05) is 0 Å². The van der Waals surface area contributed by atoms with Gasteiger partial charge in [0.2, 0.25) is 5.91 Å². The molecule has 1 N–H and O–H groups in total. The topological polar surface area (TPSA) is 38.3 Å². The molecule has 0 unspecified atom stereocenters. The zero-order chi connectivity index (χ0) is 13.9. The standard InChI is InChI=1S/C13H17Br2NO2/c1-13(2,3)16-11(17)7-8-5-9(14)12(18-4)10(15)6-8/h5-6H,7H2,1-4H3,(H,16,17). The first-order valence-electron chi connectivity index (χ1n) is 5.56. The van der Waals surface area contributed by atoms with Gasteiger partial charge in [-0.05, 0) is 70.3 Å². The minimum absolute atomic E-state index is 0.00599. The molecule has 0 heterocycles. The highest BCUT2D eigenvalue weighted by Crippen LogP contribution is 2.34. The minimum atomic E-state index is -0.210. The number of methoxy groups -OCH3 is 1. The zero-order valence-corrected chi connectivity index (χ0v) is 14.1. The fraction of sp³-hybridized carbons (Fsp3) is 0.462. The molecule has 0 aliphatic carbocycles. The van der Waals surface area contributed by atoms with Gasteiger partial charge in [0, 0.05) is 5.54 Å². The molecular weight excluding hydrogens is 362 g/mol. The third-order valence-corrected chi connectivity index (χ3v) is 3.32. The van der Waals surface area contributed by atoms with Gasteiger partial charge in [-0.3, -0.25) is 4.79 Å². The summed E-state index contributed by atoms with van der Waals surface area (Å²) in [5, 5.41) is 2.93. The van der Waals surface area contributed by atoms with Gasteiger partial charge in [0.15, 0.2) is 0 Å². The third-order valence-electron chi connectivity index (χ3n) is 2.14. The van der Waals surface area contributed by atoms with Crippen molar-refractivity contribution in [1.29, 1.82) is 0 Å². The molecule has 0 fully saturated rings. The Bertz CT molecular complexity index is 430. The van der Waals surface area contributed by atoms with Gasteiger partial charge < -0.3 is 10.1 Å². The number of halogens is 2. The van der Waals surface area contributed by atoms with Gasteiger partial charge in [-0.25, -0.2) is 0 Å². The molecule has 1 amide bonds. The average molecular weight is 379 g/mol. The van der Waals surface area contributed by atoms with E-state index in [-0.39, 0.29) is 11.4 Å². The van der Waals surface area contributed by atoms with E-state index in [1.807, 2.05) is 32.9 Å². The van der Waals surface area contributed by atoms with E-state index >= 15 is 0 Å². The van der Waals surface area contributed by atoms with E-state index in [1.165, 1.54) is 0 Å². The Morgan fingerprint density at radius 1 is 1.28 bits per heavy atom. The first kappa shape index (κ1) is 15.5. The van der Waals surface area contributed by atoms with Crippen LogP contribution < -0.4 is 10.1 Å². The zero-order valence-electron chi connectivity index (χ0n) is 10.9. The van der Waals surface area contributed by atoms with E-state index in [0.29, 0.717) is 6.42 Å². The molecule has 0 bridgehead atoms. The molecule has 1 aromatic carbocycles. The molecule has 0 saturated heterocycles. The molecule has 3 nitrogen and oxygen atoms in total. The number of carbonyl (C=O) groups is 1. The Kier molecular flexibility index (Phi) is 5.22.